The third-order valence-corrected chi connectivity index (χ3v) is 3.71. The van der Waals surface area contributed by atoms with E-state index in [1.807, 2.05) is 13.0 Å². The first kappa shape index (κ1) is 16.4. The molecule has 25 heavy (non-hydrogen) atoms. The van der Waals surface area contributed by atoms with Gasteiger partial charge >= 0.3 is 11.7 Å². The number of anilines is 1. The van der Waals surface area contributed by atoms with Crippen LogP contribution in [-0.4, -0.2) is 37.5 Å². The van der Waals surface area contributed by atoms with E-state index in [2.05, 4.69) is 20.3 Å². The maximum Gasteiger partial charge on any atom is 0.330 e. The second-order valence-electron chi connectivity index (χ2n) is 5.57. The number of nitrogens with zero attached hydrogens (tertiary/aromatic N) is 4. The Kier molecular flexibility index (Phi) is 4.60. The highest BCUT2D eigenvalue weighted by molar-refractivity contribution is 5.91. The molecule has 0 aliphatic rings. The Morgan fingerprint density at radius 2 is 2.12 bits per heavy atom. The summed E-state index contributed by atoms with van der Waals surface area (Å²) in [7, 11) is 1.67. The summed E-state index contributed by atoms with van der Waals surface area (Å²) >= 11 is 0. The minimum Gasteiger partial charge on any atom is -0.322 e. The number of hydrogen-bond donors (Lipinski definition) is 2. The molecule has 2 aromatic heterocycles. The van der Waals surface area contributed by atoms with E-state index in [0.29, 0.717) is 23.6 Å². The van der Waals surface area contributed by atoms with Gasteiger partial charge in [0.25, 0.3) is 0 Å². The number of benzene rings is 1. The van der Waals surface area contributed by atoms with Crippen LogP contribution in [0.5, 0.6) is 0 Å². The molecule has 128 valence electrons. The average molecular weight is 338 g/mol. The lowest BCUT2D eigenvalue weighted by Crippen LogP contribution is -2.32. The van der Waals surface area contributed by atoms with Crippen LogP contribution in [0.1, 0.15) is 11.4 Å². The number of rotatable bonds is 4. The van der Waals surface area contributed by atoms with Crippen LogP contribution >= 0.6 is 0 Å². The molecule has 3 aromatic rings. The zero-order valence-electron chi connectivity index (χ0n) is 13.9. The smallest absolute Gasteiger partial charge is 0.322 e. The quantitative estimate of drug-likeness (QED) is 0.760. The molecular formula is C17H18N6O2. The normalized spacial score (nSPS) is 10.5. The van der Waals surface area contributed by atoms with Gasteiger partial charge < -0.3 is 15.2 Å². The number of carbonyl (C=O) groups is 1. The highest BCUT2D eigenvalue weighted by atomic mass is 16.2. The number of para-hydroxylation sites is 2. The van der Waals surface area contributed by atoms with Gasteiger partial charge in [-0.15, -0.1) is 0 Å². The minimum atomic E-state index is -0.306. The van der Waals surface area contributed by atoms with Gasteiger partial charge in [0, 0.05) is 31.3 Å². The van der Waals surface area contributed by atoms with E-state index in [1.165, 1.54) is 9.47 Å². The number of aromatic nitrogens is 4. The summed E-state index contributed by atoms with van der Waals surface area (Å²) in [4.78, 5) is 36.8. The minimum absolute atomic E-state index is 0.257. The molecule has 8 heteroatoms. The molecule has 2 heterocycles. The molecule has 2 N–H and O–H groups in total. The number of urea groups is 1. The standard InChI is InChI=1S/C17H18N6O2/c1-12-9-20-16(24)23(12)15-6-4-3-5-14(15)21-17(25)22(2)11-13-10-18-7-8-19-13/h3-10H,11H2,1-2H3,(H,20,24)(H,21,25). The predicted octanol–water partition coefficient (Wildman–Crippen LogP) is 1.93. The highest BCUT2D eigenvalue weighted by Gasteiger charge is 2.14. The number of imidazole rings is 1. The van der Waals surface area contributed by atoms with Crippen molar-refractivity contribution in [2.24, 2.45) is 0 Å². The SMILES string of the molecule is Cc1c[nH]c(=O)n1-c1ccccc1NC(=O)N(C)Cc1cnccn1. The third-order valence-electron chi connectivity index (χ3n) is 3.71. The van der Waals surface area contributed by atoms with Crippen molar-refractivity contribution < 1.29 is 4.79 Å². The van der Waals surface area contributed by atoms with Crippen molar-refractivity contribution in [1.82, 2.24) is 24.4 Å². The first-order valence-corrected chi connectivity index (χ1v) is 7.69. The monoisotopic (exact) mass is 338 g/mol. The van der Waals surface area contributed by atoms with Gasteiger partial charge in [-0.25, -0.2) is 9.59 Å². The van der Waals surface area contributed by atoms with Crippen LogP contribution in [-0.2, 0) is 6.54 Å². The molecule has 0 aliphatic heterocycles. The van der Waals surface area contributed by atoms with Crippen molar-refractivity contribution in [3.8, 4) is 5.69 Å². The molecule has 1 aromatic carbocycles. The molecule has 8 nitrogen and oxygen atoms in total. The summed E-state index contributed by atoms with van der Waals surface area (Å²) in [5.74, 6) is 0. The van der Waals surface area contributed by atoms with Crippen molar-refractivity contribution in [1.29, 1.82) is 0 Å². The zero-order valence-corrected chi connectivity index (χ0v) is 13.9. The van der Waals surface area contributed by atoms with E-state index in [4.69, 9.17) is 0 Å². The number of carbonyl (C=O) groups excluding carboxylic acids is 1. The fraction of sp³-hybridized carbons (Fsp3) is 0.176. The Morgan fingerprint density at radius 1 is 1.32 bits per heavy atom. The van der Waals surface area contributed by atoms with Crippen LogP contribution in [0.15, 0.2) is 53.8 Å². The van der Waals surface area contributed by atoms with Crippen LogP contribution in [0, 0.1) is 6.92 Å². The van der Waals surface area contributed by atoms with E-state index >= 15 is 0 Å². The molecule has 2 amide bonds. The second-order valence-corrected chi connectivity index (χ2v) is 5.57. The van der Waals surface area contributed by atoms with Crippen molar-refractivity contribution in [2.45, 2.75) is 13.5 Å². The number of amides is 2. The molecule has 0 saturated heterocycles. The first-order chi connectivity index (χ1) is 12.1. The van der Waals surface area contributed by atoms with E-state index in [0.717, 1.165) is 5.69 Å². The summed E-state index contributed by atoms with van der Waals surface area (Å²) in [6.45, 7) is 2.14. The zero-order chi connectivity index (χ0) is 17.8. The van der Waals surface area contributed by atoms with Gasteiger partial charge in [-0.1, -0.05) is 12.1 Å². The number of nitrogens with one attached hydrogen (secondary N) is 2. The lowest BCUT2D eigenvalue weighted by Gasteiger charge is -2.19. The Morgan fingerprint density at radius 3 is 2.80 bits per heavy atom. The Bertz CT molecular complexity index is 932. The van der Waals surface area contributed by atoms with Gasteiger partial charge in [0.2, 0.25) is 0 Å². The van der Waals surface area contributed by atoms with E-state index in [9.17, 15) is 9.59 Å². The predicted molar refractivity (Wildman–Crippen MR) is 93.6 cm³/mol. The van der Waals surface area contributed by atoms with Crippen LogP contribution in [0.4, 0.5) is 10.5 Å². The summed E-state index contributed by atoms with van der Waals surface area (Å²) in [6, 6.07) is 6.84. The van der Waals surface area contributed by atoms with Gasteiger partial charge in [-0.05, 0) is 19.1 Å². The molecule has 0 spiro atoms. The van der Waals surface area contributed by atoms with Gasteiger partial charge in [-0.2, -0.15) is 0 Å². The molecule has 0 saturated carbocycles. The van der Waals surface area contributed by atoms with Gasteiger partial charge in [0.05, 0.1) is 29.8 Å². The van der Waals surface area contributed by atoms with Gasteiger partial charge in [0.15, 0.2) is 0 Å². The fourth-order valence-electron chi connectivity index (χ4n) is 2.47. The number of H-pyrrole nitrogens is 1. The summed E-state index contributed by atoms with van der Waals surface area (Å²) in [5.41, 5.74) is 2.33. The summed E-state index contributed by atoms with van der Waals surface area (Å²) in [6.07, 6.45) is 6.40. The van der Waals surface area contributed by atoms with Crippen molar-refractivity contribution in [3.63, 3.8) is 0 Å². The van der Waals surface area contributed by atoms with Crippen LogP contribution in [0.25, 0.3) is 5.69 Å². The number of aromatic amines is 1. The Labute approximate surface area is 144 Å². The average Bonchev–Trinajstić information content (AvgIpc) is 2.95. The Balaban J connectivity index is 1.82. The topological polar surface area (TPSA) is 95.9 Å². The molecular weight excluding hydrogens is 320 g/mol. The van der Waals surface area contributed by atoms with Crippen molar-refractivity contribution >= 4 is 11.7 Å². The highest BCUT2D eigenvalue weighted by Crippen LogP contribution is 2.20. The molecule has 0 bridgehead atoms. The second kappa shape index (κ2) is 7.00. The molecule has 3 rings (SSSR count). The molecule has 0 fully saturated rings. The van der Waals surface area contributed by atoms with Crippen molar-refractivity contribution in [2.75, 3.05) is 12.4 Å². The van der Waals surface area contributed by atoms with Gasteiger partial charge in [0.1, 0.15) is 0 Å². The largest absolute Gasteiger partial charge is 0.330 e. The van der Waals surface area contributed by atoms with Crippen LogP contribution in [0.3, 0.4) is 0 Å². The molecule has 0 radical (unpaired) electrons. The fourth-order valence-corrected chi connectivity index (χ4v) is 2.47. The lowest BCUT2D eigenvalue weighted by atomic mass is 10.2. The summed E-state index contributed by atoms with van der Waals surface area (Å²) in [5, 5.41) is 2.84. The molecule has 0 atom stereocenters. The molecule has 0 unspecified atom stereocenters. The summed E-state index contributed by atoms with van der Waals surface area (Å²) < 4.78 is 1.51. The first-order valence-electron chi connectivity index (χ1n) is 7.69. The maximum atomic E-state index is 12.5. The number of aryl methyl sites for hydroxylation is 1. The lowest BCUT2D eigenvalue weighted by molar-refractivity contribution is 0.220. The van der Waals surface area contributed by atoms with Gasteiger partial charge in [-0.3, -0.25) is 14.5 Å². The Hall–Kier alpha value is -3.42. The van der Waals surface area contributed by atoms with Crippen LogP contribution < -0.4 is 11.0 Å². The van der Waals surface area contributed by atoms with Crippen molar-refractivity contribution in [3.05, 3.63) is 70.9 Å². The number of hydrogen-bond acceptors (Lipinski definition) is 4. The maximum absolute atomic E-state index is 12.5. The molecule has 0 aliphatic carbocycles. The third kappa shape index (κ3) is 3.57. The van der Waals surface area contributed by atoms with Crippen LogP contribution in [0.2, 0.25) is 0 Å². The van der Waals surface area contributed by atoms with E-state index < -0.39 is 0 Å². The van der Waals surface area contributed by atoms with E-state index in [-0.39, 0.29) is 11.7 Å². The van der Waals surface area contributed by atoms with E-state index in [1.54, 1.807) is 50.0 Å².